The molecule has 0 bridgehead atoms. The maximum Gasteiger partial charge on any atom is 0.0444 e. The molecule has 0 fully saturated rings. The Morgan fingerprint density at radius 1 is 1.07 bits per heavy atom. The minimum absolute atomic E-state index is 0.156. The van der Waals surface area contributed by atoms with Crippen molar-refractivity contribution in [2.75, 3.05) is 0 Å². The fourth-order valence-corrected chi connectivity index (χ4v) is 1.18. The summed E-state index contributed by atoms with van der Waals surface area (Å²) >= 11 is 0. The quantitative estimate of drug-likeness (QED) is 0.674. The SMILES string of the molecule is C=C(NC(C)C(=C)C(C)(C)C)C(C)C. The van der Waals surface area contributed by atoms with E-state index in [-0.39, 0.29) is 5.41 Å². The zero-order valence-electron chi connectivity index (χ0n) is 10.6. The van der Waals surface area contributed by atoms with Crippen molar-refractivity contribution >= 4 is 0 Å². The van der Waals surface area contributed by atoms with Crippen LogP contribution in [-0.2, 0) is 0 Å². The molecule has 0 aliphatic heterocycles. The summed E-state index contributed by atoms with van der Waals surface area (Å²) in [5.74, 6) is 0.477. The van der Waals surface area contributed by atoms with E-state index in [1.165, 1.54) is 5.57 Å². The Bertz CT molecular complexity index is 218. The lowest BCUT2D eigenvalue weighted by atomic mass is 9.83. The van der Waals surface area contributed by atoms with Crippen LogP contribution in [-0.4, -0.2) is 6.04 Å². The number of rotatable bonds is 4. The molecule has 1 atom stereocenters. The average Bonchev–Trinajstić information content (AvgIpc) is 2.00. The van der Waals surface area contributed by atoms with E-state index < -0.39 is 0 Å². The lowest BCUT2D eigenvalue weighted by Crippen LogP contribution is -2.33. The molecule has 0 amide bonds. The van der Waals surface area contributed by atoms with Gasteiger partial charge in [0.1, 0.15) is 0 Å². The molecule has 0 aromatic rings. The first-order valence-corrected chi connectivity index (χ1v) is 5.31. The zero-order valence-corrected chi connectivity index (χ0v) is 10.6. The topological polar surface area (TPSA) is 12.0 Å². The highest BCUT2D eigenvalue weighted by Crippen LogP contribution is 2.26. The second kappa shape index (κ2) is 4.68. The van der Waals surface area contributed by atoms with Gasteiger partial charge in [0.15, 0.2) is 0 Å². The number of hydrogen-bond donors (Lipinski definition) is 1. The molecule has 14 heavy (non-hydrogen) atoms. The molecule has 0 rings (SSSR count). The van der Waals surface area contributed by atoms with Crippen LogP contribution in [0.1, 0.15) is 41.5 Å². The summed E-state index contributed by atoms with van der Waals surface area (Å²) in [7, 11) is 0. The Morgan fingerprint density at radius 3 is 1.79 bits per heavy atom. The van der Waals surface area contributed by atoms with Gasteiger partial charge in [-0.1, -0.05) is 53.3 Å². The molecular weight excluding hydrogens is 170 g/mol. The third kappa shape index (κ3) is 3.99. The van der Waals surface area contributed by atoms with Gasteiger partial charge in [0, 0.05) is 11.7 Å². The molecule has 0 saturated heterocycles. The minimum atomic E-state index is 0.156. The van der Waals surface area contributed by atoms with Crippen LogP contribution in [0.3, 0.4) is 0 Å². The summed E-state index contributed by atoms with van der Waals surface area (Å²) in [6.45, 7) is 21.1. The van der Waals surface area contributed by atoms with Gasteiger partial charge in [-0.2, -0.15) is 0 Å². The number of allylic oxidation sites excluding steroid dienone is 1. The second-order valence-electron chi connectivity index (χ2n) is 5.32. The van der Waals surface area contributed by atoms with Gasteiger partial charge < -0.3 is 5.32 Å². The Morgan fingerprint density at radius 2 is 1.50 bits per heavy atom. The van der Waals surface area contributed by atoms with Crippen LogP contribution in [0, 0.1) is 11.3 Å². The highest BCUT2D eigenvalue weighted by molar-refractivity contribution is 5.15. The third-order valence-corrected chi connectivity index (χ3v) is 2.58. The number of nitrogens with one attached hydrogen (secondary N) is 1. The van der Waals surface area contributed by atoms with Crippen molar-refractivity contribution in [3.63, 3.8) is 0 Å². The van der Waals surface area contributed by atoms with Gasteiger partial charge in [0.2, 0.25) is 0 Å². The molecular formula is C13H25N. The molecule has 1 nitrogen and oxygen atoms in total. The average molecular weight is 195 g/mol. The van der Waals surface area contributed by atoms with Crippen LogP contribution < -0.4 is 5.32 Å². The van der Waals surface area contributed by atoms with E-state index in [1.807, 2.05) is 0 Å². The maximum atomic E-state index is 4.13. The van der Waals surface area contributed by atoms with Crippen LogP contribution in [0.25, 0.3) is 0 Å². The lowest BCUT2D eigenvalue weighted by molar-refractivity contribution is 0.445. The van der Waals surface area contributed by atoms with Crippen molar-refractivity contribution in [3.05, 3.63) is 24.4 Å². The van der Waals surface area contributed by atoms with Gasteiger partial charge in [-0.3, -0.25) is 0 Å². The standard InChI is InChI=1S/C13H25N/c1-9(2)11(4)14-12(5)10(3)13(6,7)8/h9,12,14H,3-4H2,1-2,5-8H3. The van der Waals surface area contributed by atoms with Gasteiger partial charge in [-0.25, -0.2) is 0 Å². The molecule has 0 aliphatic rings. The van der Waals surface area contributed by atoms with Crippen LogP contribution in [0.2, 0.25) is 0 Å². The minimum Gasteiger partial charge on any atom is -0.382 e. The maximum absolute atomic E-state index is 4.13. The van der Waals surface area contributed by atoms with Crippen LogP contribution in [0.15, 0.2) is 24.4 Å². The Balaban J connectivity index is 4.30. The summed E-state index contributed by atoms with van der Waals surface area (Å²) in [4.78, 5) is 0. The van der Waals surface area contributed by atoms with Crippen LogP contribution in [0.4, 0.5) is 0 Å². The van der Waals surface area contributed by atoms with E-state index in [4.69, 9.17) is 0 Å². The largest absolute Gasteiger partial charge is 0.382 e. The molecule has 1 N–H and O–H groups in total. The summed E-state index contributed by atoms with van der Waals surface area (Å²) in [6, 6.07) is 0.296. The second-order valence-corrected chi connectivity index (χ2v) is 5.32. The van der Waals surface area contributed by atoms with Crippen LogP contribution in [0.5, 0.6) is 0 Å². The van der Waals surface area contributed by atoms with E-state index in [9.17, 15) is 0 Å². The first-order chi connectivity index (χ1) is 6.16. The van der Waals surface area contributed by atoms with Crippen molar-refractivity contribution in [2.45, 2.75) is 47.6 Å². The van der Waals surface area contributed by atoms with Crippen LogP contribution >= 0.6 is 0 Å². The summed E-state index contributed by atoms with van der Waals surface area (Å²) in [6.07, 6.45) is 0. The predicted octanol–water partition coefficient (Wildman–Crippen LogP) is 3.74. The first kappa shape index (κ1) is 13.3. The van der Waals surface area contributed by atoms with Crippen molar-refractivity contribution in [3.8, 4) is 0 Å². The van der Waals surface area contributed by atoms with Gasteiger partial charge in [-0.15, -0.1) is 0 Å². The highest BCUT2D eigenvalue weighted by atomic mass is 14.9. The molecule has 0 radical (unpaired) electrons. The predicted molar refractivity (Wildman–Crippen MR) is 65.2 cm³/mol. The molecule has 0 spiro atoms. The Hall–Kier alpha value is -0.720. The Labute approximate surface area is 89.3 Å². The molecule has 0 heterocycles. The third-order valence-electron chi connectivity index (χ3n) is 2.58. The molecule has 0 saturated carbocycles. The summed E-state index contributed by atoms with van der Waals surface area (Å²) in [5.41, 5.74) is 2.46. The van der Waals surface area contributed by atoms with E-state index in [0.717, 1.165) is 5.70 Å². The monoisotopic (exact) mass is 195 g/mol. The van der Waals surface area contributed by atoms with E-state index in [1.54, 1.807) is 0 Å². The summed E-state index contributed by atoms with van der Waals surface area (Å²) in [5, 5.41) is 3.39. The molecule has 1 unspecified atom stereocenters. The van der Waals surface area contributed by atoms with Crippen molar-refractivity contribution in [2.24, 2.45) is 11.3 Å². The van der Waals surface area contributed by atoms with Gasteiger partial charge in [0.25, 0.3) is 0 Å². The molecule has 1 heteroatoms. The van der Waals surface area contributed by atoms with Gasteiger partial charge >= 0.3 is 0 Å². The van der Waals surface area contributed by atoms with E-state index in [2.05, 4.69) is 60.0 Å². The summed E-state index contributed by atoms with van der Waals surface area (Å²) < 4.78 is 0. The molecule has 0 aliphatic carbocycles. The lowest BCUT2D eigenvalue weighted by Gasteiger charge is -2.29. The molecule has 82 valence electrons. The van der Waals surface area contributed by atoms with Crippen molar-refractivity contribution in [1.82, 2.24) is 5.32 Å². The fraction of sp³-hybridized carbons (Fsp3) is 0.692. The normalized spacial score (nSPS) is 13.9. The first-order valence-electron chi connectivity index (χ1n) is 5.31. The zero-order chi connectivity index (χ0) is 11.5. The smallest absolute Gasteiger partial charge is 0.0444 e. The Kier molecular flexibility index (Phi) is 4.44. The van der Waals surface area contributed by atoms with E-state index in [0.29, 0.717) is 12.0 Å². The molecule has 0 aromatic heterocycles. The molecule has 0 aromatic carbocycles. The highest BCUT2D eigenvalue weighted by Gasteiger charge is 2.20. The fourth-order valence-electron chi connectivity index (χ4n) is 1.18. The van der Waals surface area contributed by atoms with Gasteiger partial charge in [-0.05, 0) is 18.3 Å². The van der Waals surface area contributed by atoms with Gasteiger partial charge in [0.05, 0.1) is 0 Å². The van der Waals surface area contributed by atoms with Crippen molar-refractivity contribution < 1.29 is 0 Å². The van der Waals surface area contributed by atoms with Crippen molar-refractivity contribution in [1.29, 1.82) is 0 Å². The number of hydrogen-bond acceptors (Lipinski definition) is 1. The van der Waals surface area contributed by atoms with E-state index >= 15 is 0 Å².